The smallest absolute Gasteiger partial charge is 0.257 e. The molecule has 5 rings (SSSR count). The largest absolute Gasteiger partial charge is 0.497 e. The highest BCUT2D eigenvalue weighted by Gasteiger charge is 2.37. The summed E-state index contributed by atoms with van der Waals surface area (Å²) in [5.74, 6) is 0.980. The second-order valence-corrected chi connectivity index (χ2v) is 9.15. The molecule has 7 heteroatoms. The summed E-state index contributed by atoms with van der Waals surface area (Å²) in [5.41, 5.74) is 3.39. The van der Waals surface area contributed by atoms with E-state index in [2.05, 4.69) is 29.0 Å². The van der Waals surface area contributed by atoms with Crippen LogP contribution >= 0.6 is 0 Å². The Bertz CT molecular complexity index is 1030. The molecule has 0 radical (unpaired) electrons. The highest BCUT2D eigenvalue weighted by Crippen LogP contribution is 2.34. The Morgan fingerprint density at radius 2 is 1.70 bits per heavy atom. The van der Waals surface area contributed by atoms with Gasteiger partial charge in [0.1, 0.15) is 11.9 Å². The fraction of sp³-hybridized carbons (Fsp3) is 0.462. The molecule has 33 heavy (non-hydrogen) atoms. The van der Waals surface area contributed by atoms with Crippen molar-refractivity contribution in [3.8, 4) is 5.75 Å². The number of hydrogen-bond acceptors (Lipinski definition) is 5. The number of carbonyl (C=O) groups is 2. The molecule has 1 atom stereocenters. The molecule has 0 bridgehead atoms. The molecule has 2 amide bonds. The van der Waals surface area contributed by atoms with E-state index in [9.17, 15) is 9.59 Å². The number of fused-ring (bicyclic) bond motifs is 2. The van der Waals surface area contributed by atoms with Gasteiger partial charge in [-0.15, -0.1) is 0 Å². The van der Waals surface area contributed by atoms with Crippen LogP contribution in [0.1, 0.15) is 46.4 Å². The van der Waals surface area contributed by atoms with E-state index in [-0.39, 0.29) is 18.0 Å². The third-order valence-electron chi connectivity index (χ3n) is 7.29. The predicted octanol–water partition coefficient (Wildman–Crippen LogP) is 3.45. The Hall–Kier alpha value is -3.22. The summed E-state index contributed by atoms with van der Waals surface area (Å²) in [5, 5.41) is 0. The number of carbonyl (C=O) groups excluding carboxylic acids is 2. The van der Waals surface area contributed by atoms with Crippen molar-refractivity contribution in [1.29, 1.82) is 0 Å². The normalized spacial score (nSPS) is 20.8. The fourth-order valence-electron chi connectivity index (χ4n) is 5.33. The van der Waals surface area contributed by atoms with Gasteiger partial charge in [-0.3, -0.25) is 9.59 Å². The topological polar surface area (TPSA) is 56.3 Å². The van der Waals surface area contributed by atoms with Crippen LogP contribution in [0.25, 0.3) is 0 Å². The molecule has 3 aliphatic heterocycles. The van der Waals surface area contributed by atoms with Gasteiger partial charge in [0.25, 0.3) is 11.8 Å². The van der Waals surface area contributed by atoms with E-state index >= 15 is 0 Å². The summed E-state index contributed by atoms with van der Waals surface area (Å²) < 4.78 is 5.24. The monoisotopic (exact) mass is 448 g/mol. The molecule has 2 aromatic carbocycles. The van der Waals surface area contributed by atoms with Crippen LogP contribution in [0.3, 0.4) is 0 Å². The summed E-state index contributed by atoms with van der Waals surface area (Å²) in [6.45, 7) is 3.74. The van der Waals surface area contributed by atoms with Crippen molar-refractivity contribution in [2.24, 2.45) is 0 Å². The summed E-state index contributed by atoms with van der Waals surface area (Å²) in [6, 6.07) is 13.6. The quantitative estimate of drug-likeness (QED) is 0.720. The number of benzene rings is 2. The average Bonchev–Trinajstić information content (AvgIpc) is 3.13. The van der Waals surface area contributed by atoms with Crippen molar-refractivity contribution >= 4 is 23.2 Å². The number of ether oxygens (including phenoxy) is 1. The second-order valence-electron chi connectivity index (χ2n) is 9.15. The molecule has 7 nitrogen and oxygen atoms in total. The molecule has 2 aromatic rings. The predicted molar refractivity (Wildman–Crippen MR) is 129 cm³/mol. The Labute approximate surface area is 195 Å². The van der Waals surface area contributed by atoms with Gasteiger partial charge in [-0.05, 0) is 61.7 Å². The average molecular weight is 449 g/mol. The van der Waals surface area contributed by atoms with Crippen molar-refractivity contribution < 1.29 is 14.3 Å². The van der Waals surface area contributed by atoms with Gasteiger partial charge in [0.2, 0.25) is 0 Å². The number of nitrogens with zero attached hydrogens (tertiary/aromatic N) is 4. The van der Waals surface area contributed by atoms with Crippen LogP contribution in [0, 0.1) is 0 Å². The second kappa shape index (κ2) is 8.96. The Kier molecular flexibility index (Phi) is 5.87. The molecular weight excluding hydrogens is 416 g/mol. The first-order valence-corrected chi connectivity index (χ1v) is 11.9. The number of piperazine rings is 1. The number of hydrogen-bond donors (Lipinski definition) is 0. The first kappa shape index (κ1) is 21.6. The highest BCUT2D eigenvalue weighted by molar-refractivity contribution is 6.04. The SMILES string of the molecule is COc1ccc(N2CCN(C(=O)c3ccc4c(c3)N(C)[C@@H]3CCCCCN3C4=O)CC2)cc1. The molecule has 0 spiro atoms. The zero-order chi connectivity index (χ0) is 22.9. The van der Waals surface area contributed by atoms with Crippen LogP contribution in [0.4, 0.5) is 11.4 Å². The first-order valence-electron chi connectivity index (χ1n) is 11.9. The van der Waals surface area contributed by atoms with E-state index in [1.807, 2.05) is 40.1 Å². The van der Waals surface area contributed by atoms with Crippen LogP contribution in [-0.2, 0) is 0 Å². The lowest BCUT2D eigenvalue weighted by atomic mass is 10.0. The summed E-state index contributed by atoms with van der Waals surface area (Å²) in [4.78, 5) is 34.9. The number of anilines is 2. The lowest BCUT2D eigenvalue weighted by molar-refractivity contribution is 0.0659. The van der Waals surface area contributed by atoms with Gasteiger partial charge < -0.3 is 24.3 Å². The van der Waals surface area contributed by atoms with Gasteiger partial charge in [0.15, 0.2) is 0 Å². The van der Waals surface area contributed by atoms with Crippen molar-refractivity contribution in [1.82, 2.24) is 9.80 Å². The number of amides is 2. The van der Waals surface area contributed by atoms with Gasteiger partial charge in [-0.1, -0.05) is 6.42 Å². The maximum absolute atomic E-state index is 13.3. The van der Waals surface area contributed by atoms with E-state index < -0.39 is 0 Å². The lowest BCUT2D eigenvalue weighted by Crippen LogP contribution is -2.53. The van der Waals surface area contributed by atoms with Gasteiger partial charge in [0, 0.05) is 51.0 Å². The third-order valence-corrected chi connectivity index (χ3v) is 7.29. The van der Waals surface area contributed by atoms with Gasteiger partial charge >= 0.3 is 0 Å². The van der Waals surface area contributed by atoms with Crippen LogP contribution in [0.5, 0.6) is 5.75 Å². The van der Waals surface area contributed by atoms with E-state index in [1.54, 1.807) is 7.11 Å². The Morgan fingerprint density at radius 3 is 2.42 bits per heavy atom. The maximum atomic E-state index is 13.3. The molecule has 0 aromatic heterocycles. The van der Waals surface area contributed by atoms with Gasteiger partial charge in [-0.25, -0.2) is 0 Å². The van der Waals surface area contributed by atoms with Gasteiger partial charge in [0.05, 0.1) is 18.4 Å². The van der Waals surface area contributed by atoms with Crippen LogP contribution in [0.15, 0.2) is 42.5 Å². The van der Waals surface area contributed by atoms with E-state index in [0.29, 0.717) is 24.2 Å². The number of rotatable bonds is 3. The molecule has 0 aliphatic carbocycles. The molecule has 2 fully saturated rings. The van der Waals surface area contributed by atoms with E-state index in [1.165, 1.54) is 0 Å². The zero-order valence-electron chi connectivity index (χ0n) is 19.5. The molecule has 174 valence electrons. The van der Waals surface area contributed by atoms with Crippen molar-refractivity contribution in [2.45, 2.75) is 31.8 Å². The maximum Gasteiger partial charge on any atom is 0.257 e. The highest BCUT2D eigenvalue weighted by atomic mass is 16.5. The first-order chi connectivity index (χ1) is 16.1. The molecule has 0 unspecified atom stereocenters. The summed E-state index contributed by atoms with van der Waals surface area (Å²) >= 11 is 0. The minimum atomic E-state index is 0.0383. The minimum absolute atomic E-state index is 0.0383. The number of methoxy groups -OCH3 is 1. The van der Waals surface area contributed by atoms with Crippen molar-refractivity contribution in [3.05, 3.63) is 53.6 Å². The van der Waals surface area contributed by atoms with E-state index in [4.69, 9.17) is 4.74 Å². The third kappa shape index (κ3) is 4.01. The van der Waals surface area contributed by atoms with E-state index in [0.717, 1.165) is 62.4 Å². The molecular formula is C26H32N4O3. The van der Waals surface area contributed by atoms with Crippen molar-refractivity contribution in [3.63, 3.8) is 0 Å². The fourth-order valence-corrected chi connectivity index (χ4v) is 5.33. The molecule has 2 saturated heterocycles. The zero-order valence-corrected chi connectivity index (χ0v) is 19.5. The van der Waals surface area contributed by atoms with Crippen LogP contribution in [-0.4, -0.2) is 74.7 Å². The molecule has 3 aliphatic rings. The molecule has 3 heterocycles. The Morgan fingerprint density at radius 1 is 0.939 bits per heavy atom. The summed E-state index contributed by atoms with van der Waals surface area (Å²) in [6.07, 6.45) is 4.42. The molecule has 0 N–H and O–H groups in total. The van der Waals surface area contributed by atoms with Crippen LogP contribution < -0.4 is 14.5 Å². The summed E-state index contributed by atoms with van der Waals surface area (Å²) in [7, 11) is 3.72. The lowest BCUT2D eigenvalue weighted by Gasteiger charge is -2.43. The van der Waals surface area contributed by atoms with Crippen LogP contribution in [0.2, 0.25) is 0 Å². The Balaban J connectivity index is 1.30. The van der Waals surface area contributed by atoms with Gasteiger partial charge in [-0.2, -0.15) is 0 Å². The standard InChI is InChI=1S/C26H32N4O3/c1-27-23-18-19(7-12-22(23)26(32)30-13-5-3-4-6-24(27)30)25(31)29-16-14-28(15-17-29)20-8-10-21(33-2)11-9-20/h7-12,18,24H,3-6,13-17H2,1-2H3/t24-/m0/s1. The minimum Gasteiger partial charge on any atom is -0.497 e. The molecule has 0 saturated carbocycles. The van der Waals surface area contributed by atoms with Crippen molar-refractivity contribution in [2.75, 3.05) is 56.7 Å².